The number of rotatable bonds is 1. The van der Waals surface area contributed by atoms with E-state index in [0.29, 0.717) is 12.0 Å². The maximum atomic E-state index is 5.96. The Labute approximate surface area is 75.9 Å². The first-order valence-electron chi connectivity index (χ1n) is 4.80. The third kappa shape index (κ3) is 1.99. The van der Waals surface area contributed by atoms with Crippen LogP contribution in [0.5, 0.6) is 0 Å². The van der Waals surface area contributed by atoms with E-state index in [-0.39, 0.29) is 5.60 Å². The predicted octanol–water partition coefficient (Wildman–Crippen LogP) is 1.59. The van der Waals surface area contributed by atoms with E-state index in [4.69, 9.17) is 4.74 Å². The minimum atomic E-state index is 0.0480. The molecule has 0 amide bonds. The van der Waals surface area contributed by atoms with Gasteiger partial charge in [0.15, 0.2) is 6.54 Å². The van der Waals surface area contributed by atoms with E-state index in [2.05, 4.69) is 39.6 Å². The lowest BCUT2D eigenvalue weighted by molar-refractivity contribution is -0.137. The molecule has 1 saturated heterocycles. The number of nitrogens with zero attached hydrogens (tertiary/aromatic N) is 1. The SMILES string of the molecule is CC(C)[C@@]1(C)C[N+](C)C[C@H](C)O1. The quantitative estimate of drug-likeness (QED) is 0.547. The van der Waals surface area contributed by atoms with Gasteiger partial charge in [0.2, 0.25) is 0 Å². The van der Waals surface area contributed by atoms with Gasteiger partial charge in [0.1, 0.15) is 25.3 Å². The van der Waals surface area contributed by atoms with Crippen molar-refractivity contribution >= 4 is 0 Å². The van der Waals surface area contributed by atoms with Crippen molar-refractivity contribution in [2.24, 2.45) is 5.92 Å². The third-order valence-electron chi connectivity index (χ3n) is 2.84. The molecule has 0 unspecified atom stereocenters. The van der Waals surface area contributed by atoms with Crippen LogP contribution in [-0.2, 0) is 4.74 Å². The Kier molecular flexibility index (Phi) is 2.79. The zero-order valence-electron chi connectivity index (χ0n) is 8.92. The molecule has 0 aliphatic carbocycles. The van der Waals surface area contributed by atoms with Gasteiger partial charge < -0.3 is 4.74 Å². The van der Waals surface area contributed by atoms with Crippen LogP contribution in [0.1, 0.15) is 27.7 Å². The molecule has 1 aliphatic rings. The molecule has 0 saturated carbocycles. The van der Waals surface area contributed by atoms with Gasteiger partial charge in [0.25, 0.3) is 0 Å². The van der Waals surface area contributed by atoms with Crippen LogP contribution in [0.4, 0.5) is 0 Å². The molecule has 0 aromatic heterocycles. The summed E-state index contributed by atoms with van der Waals surface area (Å²) in [5.41, 5.74) is 0.0480. The summed E-state index contributed by atoms with van der Waals surface area (Å²) in [6, 6.07) is 0. The molecular formula is C10H21NO+. The first-order chi connectivity index (χ1) is 5.44. The first kappa shape index (κ1) is 10.0. The van der Waals surface area contributed by atoms with Gasteiger partial charge in [-0.1, -0.05) is 13.8 Å². The Morgan fingerprint density at radius 1 is 1.50 bits per heavy atom. The number of morpholine rings is 1. The molecule has 1 aliphatic heterocycles. The minimum Gasteiger partial charge on any atom is -0.360 e. The Balaban J connectivity index is 2.65. The van der Waals surface area contributed by atoms with Crippen molar-refractivity contribution in [1.29, 1.82) is 0 Å². The van der Waals surface area contributed by atoms with Crippen LogP contribution in [0.15, 0.2) is 0 Å². The summed E-state index contributed by atoms with van der Waals surface area (Å²) in [7, 11) is 2.17. The fourth-order valence-electron chi connectivity index (χ4n) is 1.89. The molecule has 0 bridgehead atoms. The maximum absolute atomic E-state index is 5.96. The Hall–Kier alpha value is -0.0800. The highest BCUT2D eigenvalue weighted by Crippen LogP contribution is 2.26. The highest BCUT2D eigenvalue weighted by Gasteiger charge is 2.41. The largest absolute Gasteiger partial charge is 0.360 e. The van der Waals surface area contributed by atoms with Gasteiger partial charge in [-0.15, -0.1) is 0 Å². The molecule has 71 valence electrons. The lowest BCUT2D eigenvalue weighted by Crippen LogP contribution is -2.57. The molecule has 2 atom stereocenters. The van der Waals surface area contributed by atoms with Crippen LogP contribution >= 0.6 is 0 Å². The molecule has 0 aromatic carbocycles. The average molecular weight is 171 g/mol. The van der Waals surface area contributed by atoms with E-state index >= 15 is 0 Å². The van der Waals surface area contributed by atoms with Crippen molar-refractivity contribution in [2.75, 3.05) is 20.1 Å². The Morgan fingerprint density at radius 2 is 2.08 bits per heavy atom. The molecular weight excluding hydrogens is 150 g/mol. The number of ether oxygens (including phenoxy) is 1. The van der Waals surface area contributed by atoms with Crippen molar-refractivity contribution in [2.45, 2.75) is 39.4 Å². The number of hydrogen-bond acceptors (Lipinski definition) is 2. The summed E-state index contributed by atoms with van der Waals surface area (Å²) in [6.07, 6.45) is 0.371. The molecule has 1 radical (unpaired) electrons. The van der Waals surface area contributed by atoms with Crippen molar-refractivity contribution < 1.29 is 4.74 Å². The van der Waals surface area contributed by atoms with Crippen LogP contribution < -0.4 is 4.90 Å². The second-order valence-corrected chi connectivity index (χ2v) is 4.59. The van der Waals surface area contributed by atoms with E-state index in [1.807, 2.05) is 0 Å². The minimum absolute atomic E-state index is 0.0480. The lowest BCUT2D eigenvalue weighted by atomic mass is 9.90. The van der Waals surface area contributed by atoms with Crippen LogP contribution in [0.25, 0.3) is 0 Å². The zero-order chi connectivity index (χ0) is 9.35. The second-order valence-electron chi connectivity index (χ2n) is 4.59. The van der Waals surface area contributed by atoms with Crippen LogP contribution in [0, 0.1) is 5.92 Å². The van der Waals surface area contributed by atoms with Crippen molar-refractivity contribution in [3.63, 3.8) is 0 Å². The topological polar surface area (TPSA) is 15.1 Å². The average Bonchev–Trinajstić information content (AvgIpc) is 1.82. The molecule has 0 N–H and O–H groups in total. The fourth-order valence-corrected chi connectivity index (χ4v) is 1.89. The van der Waals surface area contributed by atoms with Gasteiger partial charge in [-0.25, -0.2) is 0 Å². The molecule has 1 rings (SSSR count). The van der Waals surface area contributed by atoms with E-state index in [1.54, 1.807) is 0 Å². The van der Waals surface area contributed by atoms with Gasteiger partial charge in [-0.05, 0) is 19.8 Å². The highest BCUT2D eigenvalue weighted by molar-refractivity contribution is 4.89. The van der Waals surface area contributed by atoms with Gasteiger partial charge in [-0.2, -0.15) is 4.90 Å². The first-order valence-corrected chi connectivity index (χ1v) is 4.80. The van der Waals surface area contributed by atoms with Crippen LogP contribution in [-0.4, -0.2) is 31.8 Å². The molecule has 2 heteroatoms. The predicted molar refractivity (Wildman–Crippen MR) is 51.6 cm³/mol. The van der Waals surface area contributed by atoms with E-state index in [0.717, 1.165) is 13.1 Å². The molecule has 0 aromatic rings. The van der Waals surface area contributed by atoms with E-state index < -0.39 is 0 Å². The van der Waals surface area contributed by atoms with E-state index in [1.165, 1.54) is 0 Å². The molecule has 2 nitrogen and oxygen atoms in total. The summed E-state index contributed by atoms with van der Waals surface area (Å²) in [4.78, 5) is 2.36. The molecule has 1 heterocycles. The summed E-state index contributed by atoms with van der Waals surface area (Å²) in [5.74, 6) is 0.586. The van der Waals surface area contributed by atoms with Gasteiger partial charge in [0, 0.05) is 0 Å². The highest BCUT2D eigenvalue weighted by atomic mass is 16.5. The van der Waals surface area contributed by atoms with Crippen LogP contribution in [0.3, 0.4) is 0 Å². The van der Waals surface area contributed by atoms with Gasteiger partial charge in [-0.3, -0.25) is 0 Å². The van der Waals surface area contributed by atoms with Gasteiger partial charge >= 0.3 is 0 Å². The number of hydrogen-bond donors (Lipinski definition) is 0. The standard InChI is InChI=1S/C10H21NO/c1-8(2)10(4)7-11(5)6-9(3)12-10/h8-9H,6-7H2,1-5H3/q+1/t9-,10+/m0/s1. The second kappa shape index (κ2) is 3.35. The van der Waals surface area contributed by atoms with Crippen molar-refractivity contribution in [3.8, 4) is 0 Å². The third-order valence-corrected chi connectivity index (χ3v) is 2.84. The summed E-state index contributed by atoms with van der Waals surface area (Å²) in [6.45, 7) is 10.9. The number of likely N-dealkylation sites (N-methyl/N-ethyl adjacent to an activating group) is 1. The van der Waals surface area contributed by atoms with Crippen LogP contribution in [0.2, 0.25) is 0 Å². The van der Waals surface area contributed by atoms with Crippen molar-refractivity contribution in [1.82, 2.24) is 4.90 Å². The fraction of sp³-hybridized carbons (Fsp3) is 1.00. The summed E-state index contributed by atoms with van der Waals surface area (Å²) < 4.78 is 5.96. The summed E-state index contributed by atoms with van der Waals surface area (Å²) in [5, 5.41) is 0. The Morgan fingerprint density at radius 3 is 2.50 bits per heavy atom. The molecule has 12 heavy (non-hydrogen) atoms. The normalized spacial score (nSPS) is 39.0. The zero-order valence-corrected chi connectivity index (χ0v) is 8.92. The van der Waals surface area contributed by atoms with Crippen molar-refractivity contribution in [3.05, 3.63) is 0 Å². The Bertz CT molecular complexity index is 146. The van der Waals surface area contributed by atoms with Gasteiger partial charge in [0.05, 0.1) is 0 Å². The lowest BCUT2D eigenvalue weighted by Gasteiger charge is -2.39. The summed E-state index contributed by atoms with van der Waals surface area (Å²) >= 11 is 0. The molecule has 1 fully saturated rings. The smallest absolute Gasteiger partial charge is 0.151 e. The van der Waals surface area contributed by atoms with E-state index in [9.17, 15) is 0 Å². The monoisotopic (exact) mass is 171 g/mol. The maximum Gasteiger partial charge on any atom is 0.151 e. The molecule has 0 spiro atoms.